The van der Waals surface area contributed by atoms with Crippen molar-refractivity contribution in [3.63, 3.8) is 0 Å². The number of hydrogen-bond donors (Lipinski definition) is 0. The summed E-state index contributed by atoms with van der Waals surface area (Å²) >= 11 is 1.52. The fourth-order valence-corrected chi connectivity index (χ4v) is 3.06. The van der Waals surface area contributed by atoms with Gasteiger partial charge in [-0.05, 0) is 39.8 Å². The number of nitrogens with zero attached hydrogens (tertiary/aromatic N) is 2. The highest BCUT2D eigenvalue weighted by molar-refractivity contribution is 8.00. The van der Waals surface area contributed by atoms with E-state index in [0.29, 0.717) is 11.5 Å². The Bertz CT molecular complexity index is 685. The van der Waals surface area contributed by atoms with Gasteiger partial charge in [0.25, 0.3) is 0 Å². The molecule has 0 bridgehead atoms. The van der Waals surface area contributed by atoms with Crippen molar-refractivity contribution in [1.82, 2.24) is 0 Å². The fraction of sp³-hybridized carbons (Fsp3) is 0.471. The third-order valence-corrected chi connectivity index (χ3v) is 4.69. The molecule has 0 N–H and O–H groups in total. The number of rotatable bonds is 5. The number of carbonyl (C=O) groups excluding carboxylic acids is 2. The van der Waals surface area contributed by atoms with E-state index in [0.717, 1.165) is 16.1 Å². The zero-order valence-electron chi connectivity index (χ0n) is 14.6. The molecule has 1 amide bonds. The molecule has 7 heteroatoms. The van der Waals surface area contributed by atoms with Gasteiger partial charge in [0, 0.05) is 17.5 Å². The van der Waals surface area contributed by atoms with Crippen molar-refractivity contribution in [2.45, 2.75) is 38.2 Å². The normalized spacial score (nSPS) is 15.1. The van der Waals surface area contributed by atoms with Crippen LogP contribution in [0, 0.1) is 0 Å². The molecule has 1 aromatic carbocycles. The van der Waals surface area contributed by atoms with Gasteiger partial charge in [-0.15, -0.1) is 11.8 Å². The molecule has 0 spiro atoms. The average Bonchev–Trinajstić information content (AvgIpc) is 2.56. The number of oxime groups is 1. The van der Waals surface area contributed by atoms with Crippen molar-refractivity contribution >= 4 is 35.0 Å². The summed E-state index contributed by atoms with van der Waals surface area (Å²) < 4.78 is 4.96. The number of esters is 1. The lowest BCUT2D eigenvalue weighted by molar-refractivity contribution is -0.167. The standard InChI is InChI=1S/C17H22N2O4S/c1-6-22-16(21)17(3,4)23-18-11(2)12-7-8-14-13(9-12)19(5)15(20)10-24-14/h7-9H,6,10H2,1-5H3. The number of amides is 1. The number of thioether (sulfide) groups is 1. The minimum absolute atomic E-state index is 0.0685. The van der Waals surface area contributed by atoms with E-state index in [4.69, 9.17) is 9.57 Å². The number of anilines is 1. The highest BCUT2D eigenvalue weighted by Gasteiger charge is 2.32. The summed E-state index contributed by atoms with van der Waals surface area (Å²) in [5, 5.41) is 4.07. The smallest absolute Gasteiger partial charge is 0.352 e. The molecule has 0 radical (unpaired) electrons. The van der Waals surface area contributed by atoms with E-state index >= 15 is 0 Å². The fourth-order valence-electron chi connectivity index (χ4n) is 2.07. The number of hydrogen-bond acceptors (Lipinski definition) is 6. The molecule has 0 atom stereocenters. The largest absolute Gasteiger partial charge is 0.463 e. The summed E-state index contributed by atoms with van der Waals surface area (Å²) in [5.74, 6) is 0.0555. The number of benzene rings is 1. The molecule has 1 aliphatic heterocycles. The third kappa shape index (κ3) is 3.90. The number of fused-ring (bicyclic) bond motifs is 1. The Morgan fingerprint density at radius 1 is 1.42 bits per heavy atom. The minimum Gasteiger partial charge on any atom is -0.463 e. The van der Waals surface area contributed by atoms with Crippen LogP contribution in [0.2, 0.25) is 0 Å². The van der Waals surface area contributed by atoms with Gasteiger partial charge in [0.2, 0.25) is 11.5 Å². The first-order chi connectivity index (χ1) is 11.3. The molecule has 0 aliphatic carbocycles. The van der Waals surface area contributed by atoms with Gasteiger partial charge in [-0.2, -0.15) is 0 Å². The lowest BCUT2D eigenvalue weighted by atomic mass is 10.1. The van der Waals surface area contributed by atoms with E-state index in [1.54, 1.807) is 39.6 Å². The van der Waals surface area contributed by atoms with Crippen LogP contribution in [-0.2, 0) is 19.2 Å². The highest BCUT2D eigenvalue weighted by atomic mass is 32.2. The Kier molecular flexibility index (Phi) is 5.54. The van der Waals surface area contributed by atoms with Gasteiger partial charge in [0.1, 0.15) is 0 Å². The summed E-state index contributed by atoms with van der Waals surface area (Å²) in [7, 11) is 1.76. The highest BCUT2D eigenvalue weighted by Crippen LogP contribution is 2.35. The van der Waals surface area contributed by atoms with Crippen LogP contribution in [0.15, 0.2) is 28.3 Å². The van der Waals surface area contributed by atoms with Crippen LogP contribution in [0.1, 0.15) is 33.3 Å². The van der Waals surface area contributed by atoms with Crippen LogP contribution < -0.4 is 4.90 Å². The molecule has 1 heterocycles. The zero-order chi connectivity index (χ0) is 17.9. The van der Waals surface area contributed by atoms with Crippen molar-refractivity contribution < 1.29 is 19.2 Å². The van der Waals surface area contributed by atoms with Crippen molar-refractivity contribution in [2.24, 2.45) is 5.16 Å². The van der Waals surface area contributed by atoms with Gasteiger partial charge in [-0.25, -0.2) is 4.79 Å². The van der Waals surface area contributed by atoms with Gasteiger partial charge >= 0.3 is 5.97 Å². The second-order valence-electron chi connectivity index (χ2n) is 5.92. The lowest BCUT2D eigenvalue weighted by Crippen LogP contribution is -2.35. The van der Waals surface area contributed by atoms with Crippen LogP contribution in [0.4, 0.5) is 5.69 Å². The lowest BCUT2D eigenvalue weighted by Gasteiger charge is -2.25. The van der Waals surface area contributed by atoms with Crippen LogP contribution in [0.3, 0.4) is 0 Å². The van der Waals surface area contributed by atoms with Crippen LogP contribution >= 0.6 is 11.8 Å². The number of ether oxygens (including phenoxy) is 1. The predicted octanol–water partition coefficient (Wildman–Crippen LogP) is 2.84. The molecule has 6 nitrogen and oxygen atoms in total. The molecule has 0 saturated carbocycles. The molecule has 0 saturated heterocycles. The first kappa shape index (κ1) is 18.3. The molecule has 130 valence electrons. The van der Waals surface area contributed by atoms with Crippen molar-refractivity contribution in [3.05, 3.63) is 23.8 Å². The van der Waals surface area contributed by atoms with Gasteiger partial charge < -0.3 is 14.5 Å². The Labute approximate surface area is 146 Å². The summed E-state index contributed by atoms with van der Waals surface area (Å²) in [6.45, 7) is 7.04. The topological polar surface area (TPSA) is 68.2 Å². The molecule has 0 aromatic heterocycles. The summed E-state index contributed by atoms with van der Waals surface area (Å²) in [6.07, 6.45) is 0. The summed E-state index contributed by atoms with van der Waals surface area (Å²) in [4.78, 5) is 31.7. The molecular weight excluding hydrogens is 328 g/mol. The van der Waals surface area contributed by atoms with Crippen LogP contribution in [-0.4, -0.2) is 42.6 Å². The molecule has 24 heavy (non-hydrogen) atoms. The van der Waals surface area contributed by atoms with Crippen LogP contribution in [0.5, 0.6) is 0 Å². The van der Waals surface area contributed by atoms with E-state index < -0.39 is 11.6 Å². The Morgan fingerprint density at radius 3 is 2.79 bits per heavy atom. The quantitative estimate of drug-likeness (QED) is 0.464. The Morgan fingerprint density at radius 2 is 2.12 bits per heavy atom. The van der Waals surface area contributed by atoms with E-state index in [1.165, 1.54) is 11.8 Å². The summed E-state index contributed by atoms with van der Waals surface area (Å²) in [6, 6.07) is 5.79. The minimum atomic E-state index is -1.16. The maximum Gasteiger partial charge on any atom is 0.352 e. The van der Waals surface area contributed by atoms with Crippen molar-refractivity contribution in [2.75, 3.05) is 24.3 Å². The Balaban J connectivity index is 2.19. The van der Waals surface area contributed by atoms with Gasteiger partial charge in [0.05, 0.1) is 23.8 Å². The van der Waals surface area contributed by atoms with Crippen molar-refractivity contribution in [1.29, 1.82) is 0 Å². The maximum atomic E-state index is 11.8. The number of carbonyl (C=O) groups is 2. The second kappa shape index (κ2) is 7.25. The van der Waals surface area contributed by atoms with Crippen LogP contribution in [0.25, 0.3) is 0 Å². The molecule has 0 fully saturated rings. The molecule has 0 unspecified atom stereocenters. The monoisotopic (exact) mass is 350 g/mol. The predicted molar refractivity (Wildman–Crippen MR) is 94.6 cm³/mol. The second-order valence-corrected chi connectivity index (χ2v) is 6.94. The van der Waals surface area contributed by atoms with E-state index in [9.17, 15) is 9.59 Å². The summed E-state index contributed by atoms with van der Waals surface area (Å²) in [5.41, 5.74) is 1.14. The first-order valence-electron chi connectivity index (χ1n) is 7.70. The van der Waals surface area contributed by atoms with Crippen molar-refractivity contribution in [3.8, 4) is 0 Å². The van der Waals surface area contributed by atoms with E-state index in [2.05, 4.69) is 5.16 Å². The molecule has 2 rings (SSSR count). The van der Waals surface area contributed by atoms with Gasteiger partial charge in [-0.1, -0.05) is 11.2 Å². The Hall–Kier alpha value is -2.02. The molecule has 1 aliphatic rings. The van der Waals surface area contributed by atoms with Gasteiger partial charge in [-0.3, -0.25) is 4.79 Å². The van der Waals surface area contributed by atoms with E-state index in [1.807, 2.05) is 18.2 Å². The first-order valence-corrected chi connectivity index (χ1v) is 8.68. The molecule has 1 aromatic rings. The maximum absolute atomic E-state index is 11.8. The average molecular weight is 350 g/mol. The SMILES string of the molecule is CCOC(=O)C(C)(C)ON=C(C)c1ccc2c(c1)N(C)C(=O)CS2. The zero-order valence-corrected chi connectivity index (χ0v) is 15.4. The van der Waals surface area contributed by atoms with E-state index in [-0.39, 0.29) is 12.5 Å². The molecular formula is C17H22N2O4S. The third-order valence-electron chi connectivity index (χ3n) is 3.64. The van der Waals surface area contributed by atoms with Gasteiger partial charge in [0.15, 0.2) is 0 Å².